The lowest BCUT2D eigenvalue weighted by atomic mass is 9.98. The molecule has 3 heteroatoms. The van der Waals surface area contributed by atoms with Gasteiger partial charge in [0.15, 0.2) is 0 Å². The number of hydrogen-bond acceptors (Lipinski definition) is 3. The van der Waals surface area contributed by atoms with Gasteiger partial charge in [-0.05, 0) is 54.3 Å². The van der Waals surface area contributed by atoms with Crippen LogP contribution in [0.4, 0.5) is 5.69 Å². The number of benzene rings is 2. The van der Waals surface area contributed by atoms with E-state index < -0.39 is 0 Å². The molecule has 0 radical (unpaired) electrons. The molecule has 0 aliphatic carbocycles. The van der Waals surface area contributed by atoms with Crippen LogP contribution in [0, 0.1) is 6.92 Å². The molecule has 0 saturated carbocycles. The molecule has 0 aliphatic heterocycles. The van der Waals surface area contributed by atoms with E-state index in [4.69, 9.17) is 10.5 Å². The summed E-state index contributed by atoms with van der Waals surface area (Å²) in [5, 5.41) is 0. The van der Waals surface area contributed by atoms with Gasteiger partial charge in [-0.2, -0.15) is 0 Å². The standard InChI is InChI=1S/C18H23NOS/c1-13(2)18-8-7-16(11-14(18)3)20-9-10-21-17-6-4-5-15(19)12-17/h4-8,11-13H,9-10,19H2,1-3H3. The summed E-state index contributed by atoms with van der Waals surface area (Å²) < 4.78 is 5.82. The average Bonchev–Trinajstić information content (AvgIpc) is 2.43. The van der Waals surface area contributed by atoms with E-state index in [1.54, 1.807) is 11.8 Å². The van der Waals surface area contributed by atoms with Crippen LogP contribution < -0.4 is 10.5 Å². The summed E-state index contributed by atoms with van der Waals surface area (Å²) in [5.74, 6) is 2.41. The largest absolute Gasteiger partial charge is 0.493 e. The fourth-order valence-electron chi connectivity index (χ4n) is 2.31. The molecule has 2 aromatic carbocycles. The predicted molar refractivity (Wildman–Crippen MR) is 92.3 cm³/mol. The molecular weight excluding hydrogens is 278 g/mol. The van der Waals surface area contributed by atoms with Crippen molar-refractivity contribution in [3.8, 4) is 5.75 Å². The second-order valence-electron chi connectivity index (χ2n) is 5.44. The highest BCUT2D eigenvalue weighted by Crippen LogP contribution is 2.24. The van der Waals surface area contributed by atoms with Gasteiger partial charge in [0.2, 0.25) is 0 Å². The number of ether oxygens (including phenoxy) is 1. The molecule has 0 bridgehead atoms. The van der Waals surface area contributed by atoms with E-state index in [1.165, 1.54) is 16.0 Å². The van der Waals surface area contributed by atoms with Crippen molar-refractivity contribution < 1.29 is 4.74 Å². The molecule has 2 rings (SSSR count). The van der Waals surface area contributed by atoms with E-state index in [9.17, 15) is 0 Å². The Balaban J connectivity index is 1.82. The van der Waals surface area contributed by atoms with Crippen LogP contribution in [0.25, 0.3) is 0 Å². The maximum absolute atomic E-state index is 5.82. The summed E-state index contributed by atoms with van der Waals surface area (Å²) in [5.41, 5.74) is 9.25. The van der Waals surface area contributed by atoms with Crippen molar-refractivity contribution in [2.24, 2.45) is 0 Å². The molecule has 2 N–H and O–H groups in total. The summed E-state index contributed by atoms with van der Waals surface area (Å²) in [6.07, 6.45) is 0. The van der Waals surface area contributed by atoms with Gasteiger partial charge in [-0.1, -0.05) is 26.0 Å². The zero-order chi connectivity index (χ0) is 15.2. The van der Waals surface area contributed by atoms with Crippen LogP contribution in [-0.2, 0) is 0 Å². The molecule has 2 nitrogen and oxygen atoms in total. The van der Waals surface area contributed by atoms with Crippen LogP contribution in [0.5, 0.6) is 5.75 Å². The van der Waals surface area contributed by atoms with Gasteiger partial charge >= 0.3 is 0 Å². The first-order valence-electron chi connectivity index (χ1n) is 7.28. The Morgan fingerprint density at radius 1 is 1.14 bits per heavy atom. The zero-order valence-electron chi connectivity index (χ0n) is 12.9. The molecule has 0 aliphatic rings. The number of hydrogen-bond donors (Lipinski definition) is 1. The summed E-state index contributed by atoms with van der Waals surface area (Å²) in [7, 11) is 0. The SMILES string of the molecule is Cc1cc(OCCSc2cccc(N)c2)ccc1C(C)C. The highest BCUT2D eigenvalue weighted by molar-refractivity contribution is 7.99. The second kappa shape index (κ2) is 7.41. The molecule has 0 spiro atoms. The van der Waals surface area contributed by atoms with E-state index in [-0.39, 0.29) is 0 Å². The second-order valence-corrected chi connectivity index (χ2v) is 6.61. The molecule has 0 fully saturated rings. The van der Waals surface area contributed by atoms with Crippen molar-refractivity contribution in [1.82, 2.24) is 0 Å². The smallest absolute Gasteiger partial charge is 0.119 e. The third-order valence-electron chi connectivity index (χ3n) is 3.34. The summed E-state index contributed by atoms with van der Waals surface area (Å²) in [6.45, 7) is 7.26. The number of aryl methyl sites for hydroxylation is 1. The van der Waals surface area contributed by atoms with E-state index in [2.05, 4.69) is 45.0 Å². The number of nitrogens with two attached hydrogens (primary N) is 1. The molecule has 0 aromatic heterocycles. The Morgan fingerprint density at radius 3 is 2.62 bits per heavy atom. The van der Waals surface area contributed by atoms with Crippen LogP contribution in [0.15, 0.2) is 47.4 Å². The van der Waals surface area contributed by atoms with Crippen molar-refractivity contribution in [3.63, 3.8) is 0 Å². The number of nitrogen functional groups attached to an aromatic ring is 1. The Bertz CT molecular complexity index is 596. The third-order valence-corrected chi connectivity index (χ3v) is 4.30. The minimum Gasteiger partial charge on any atom is -0.493 e. The monoisotopic (exact) mass is 301 g/mol. The van der Waals surface area contributed by atoms with Crippen molar-refractivity contribution in [2.75, 3.05) is 18.1 Å². The van der Waals surface area contributed by atoms with Crippen molar-refractivity contribution in [1.29, 1.82) is 0 Å². The van der Waals surface area contributed by atoms with Crippen LogP contribution in [0.1, 0.15) is 30.9 Å². The first-order chi connectivity index (χ1) is 10.1. The van der Waals surface area contributed by atoms with Gasteiger partial charge in [0.05, 0.1) is 6.61 Å². The van der Waals surface area contributed by atoms with Crippen LogP contribution in [0.3, 0.4) is 0 Å². The zero-order valence-corrected chi connectivity index (χ0v) is 13.7. The minimum atomic E-state index is 0.554. The topological polar surface area (TPSA) is 35.2 Å². The lowest BCUT2D eigenvalue weighted by molar-refractivity contribution is 0.343. The Kier molecular flexibility index (Phi) is 5.57. The molecule has 0 saturated heterocycles. The van der Waals surface area contributed by atoms with Crippen LogP contribution >= 0.6 is 11.8 Å². The fraction of sp³-hybridized carbons (Fsp3) is 0.333. The highest BCUT2D eigenvalue weighted by Gasteiger charge is 2.04. The van der Waals surface area contributed by atoms with Gasteiger partial charge in [0.25, 0.3) is 0 Å². The lowest BCUT2D eigenvalue weighted by Crippen LogP contribution is -2.01. The van der Waals surface area contributed by atoms with Gasteiger partial charge in [-0.15, -0.1) is 11.8 Å². The molecule has 0 amide bonds. The van der Waals surface area contributed by atoms with Gasteiger partial charge in [-0.25, -0.2) is 0 Å². The summed E-state index contributed by atoms with van der Waals surface area (Å²) in [6, 6.07) is 14.3. The van der Waals surface area contributed by atoms with E-state index in [0.717, 1.165) is 17.2 Å². The predicted octanol–water partition coefficient (Wildman–Crippen LogP) is 4.87. The lowest BCUT2D eigenvalue weighted by Gasteiger charge is -2.12. The molecule has 0 atom stereocenters. The first-order valence-corrected chi connectivity index (χ1v) is 8.26. The summed E-state index contributed by atoms with van der Waals surface area (Å²) in [4.78, 5) is 1.19. The van der Waals surface area contributed by atoms with Crippen molar-refractivity contribution >= 4 is 17.4 Å². The maximum Gasteiger partial charge on any atom is 0.119 e. The van der Waals surface area contributed by atoms with Crippen molar-refractivity contribution in [3.05, 3.63) is 53.6 Å². The van der Waals surface area contributed by atoms with E-state index >= 15 is 0 Å². The van der Waals surface area contributed by atoms with E-state index in [1.807, 2.05) is 18.2 Å². The van der Waals surface area contributed by atoms with Gasteiger partial charge in [0.1, 0.15) is 5.75 Å². The van der Waals surface area contributed by atoms with Crippen LogP contribution in [0.2, 0.25) is 0 Å². The van der Waals surface area contributed by atoms with Gasteiger partial charge < -0.3 is 10.5 Å². The van der Waals surface area contributed by atoms with Crippen LogP contribution in [-0.4, -0.2) is 12.4 Å². The minimum absolute atomic E-state index is 0.554. The quantitative estimate of drug-likeness (QED) is 0.469. The van der Waals surface area contributed by atoms with Gasteiger partial charge in [-0.3, -0.25) is 0 Å². The molecule has 21 heavy (non-hydrogen) atoms. The molecule has 112 valence electrons. The maximum atomic E-state index is 5.82. The average molecular weight is 301 g/mol. The Hall–Kier alpha value is -1.61. The first kappa shape index (κ1) is 15.8. The normalized spacial score (nSPS) is 10.9. The van der Waals surface area contributed by atoms with E-state index in [0.29, 0.717) is 12.5 Å². The molecule has 2 aromatic rings. The Labute approximate surface area is 131 Å². The number of rotatable bonds is 6. The number of thioether (sulfide) groups is 1. The highest BCUT2D eigenvalue weighted by atomic mass is 32.2. The number of anilines is 1. The van der Waals surface area contributed by atoms with Crippen molar-refractivity contribution in [2.45, 2.75) is 31.6 Å². The molecule has 0 unspecified atom stereocenters. The third kappa shape index (κ3) is 4.71. The Morgan fingerprint density at radius 2 is 1.95 bits per heavy atom. The summed E-state index contributed by atoms with van der Waals surface area (Å²) >= 11 is 1.76. The molecule has 0 heterocycles. The molecular formula is C18H23NOS. The fourth-order valence-corrected chi connectivity index (χ4v) is 3.11. The van der Waals surface area contributed by atoms with Gasteiger partial charge in [0, 0.05) is 16.3 Å².